The van der Waals surface area contributed by atoms with Crippen molar-refractivity contribution in [1.29, 1.82) is 0 Å². The third-order valence-electron chi connectivity index (χ3n) is 4.57. The normalized spacial score (nSPS) is 12.1. The van der Waals surface area contributed by atoms with Crippen molar-refractivity contribution in [3.05, 3.63) is 91.0 Å². The number of benzene rings is 3. The zero-order valence-corrected chi connectivity index (χ0v) is 19.3. The molecular formula is C21H24O4SiZr. The van der Waals surface area contributed by atoms with Crippen LogP contribution in [0.3, 0.4) is 0 Å². The zero-order chi connectivity index (χ0) is 19.2. The molecule has 4 nitrogen and oxygen atoms in total. The van der Waals surface area contributed by atoms with Gasteiger partial charge in [-0.3, -0.25) is 0 Å². The van der Waals surface area contributed by atoms with Crippen LogP contribution in [0.5, 0.6) is 0 Å². The SMILES string of the molecule is C[O][Zr]([O]C)([O]C)[O][Si](c1ccccc1)(c1ccccc1)c1ccccc1. The average Bonchev–Trinajstić information content (AvgIpc) is 2.77. The fraction of sp³-hybridized carbons (Fsp3) is 0.143. The second-order valence-corrected chi connectivity index (χ2v) is 16.3. The van der Waals surface area contributed by atoms with Gasteiger partial charge in [0.15, 0.2) is 0 Å². The number of hydrogen-bond acceptors (Lipinski definition) is 4. The molecule has 3 aromatic rings. The molecule has 0 amide bonds. The van der Waals surface area contributed by atoms with Crippen LogP contribution in [0.2, 0.25) is 0 Å². The molecule has 0 unspecified atom stereocenters. The first-order chi connectivity index (χ1) is 13.2. The van der Waals surface area contributed by atoms with Crippen molar-refractivity contribution < 1.29 is 33.0 Å². The van der Waals surface area contributed by atoms with Crippen molar-refractivity contribution in [1.82, 2.24) is 0 Å². The molecule has 6 heteroatoms. The molecule has 0 saturated carbocycles. The Morgan fingerprint density at radius 3 is 1.07 bits per heavy atom. The van der Waals surface area contributed by atoms with Gasteiger partial charge in [0.2, 0.25) is 0 Å². The van der Waals surface area contributed by atoms with Crippen LogP contribution in [-0.4, -0.2) is 29.6 Å². The Morgan fingerprint density at radius 1 is 0.519 bits per heavy atom. The monoisotopic (exact) mass is 458 g/mol. The molecule has 0 atom stereocenters. The summed E-state index contributed by atoms with van der Waals surface area (Å²) in [6.45, 7) is 0. The van der Waals surface area contributed by atoms with Crippen molar-refractivity contribution in [2.24, 2.45) is 0 Å². The number of hydrogen-bond donors (Lipinski definition) is 0. The summed E-state index contributed by atoms with van der Waals surface area (Å²) in [6.07, 6.45) is 0. The van der Waals surface area contributed by atoms with Crippen LogP contribution in [0.25, 0.3) is 0 Å². The predicted molar refractivity (Wildman–Crippen MR) is 106 cm³/mol. The molecule has 0 aliphatic heterocycles. The third kappa shape index (κ3) is 4.06. The molecule has 0 saturated heterocycles. The van der Waals surface area contributed by atoms with E-state index in [1.807, 2.05) is 54.6 Å². The maximum absolute atomic E-state index is 6.91. The van der Waals surface area contributed by atoms with Crippen LogP contribution < -0.4 is 15.6 Å². The fourth-order valence-corrected chi connectivity index (χ4v) is 15.7. The van der Waals surface area contributed by atoms with Crippen LogP contribution in [0.1, 0.15) is 0 Å². The van der Waals surface area contributed by atoms with Gasteiger partial charge in [-0.1, -0.05) is 0 Å². The molecule has 0 heterocycles. The molecular weight excluding hydrogens is 436 g/mol. The van der Waals surface area contributed by atoms with Gasteiger partial charge in [0, 0.05) is 0 Å². The van der Waals surface area contributed by atoms with Gasteiger partial charge >= 0.3 is 169 Å². The standard InChI is InChI=1S/C18H15OSi.3CH3O.Zr/c19-20(16-10-4-1-5-11-16,17-12-6-2-7-13-17)18-14-8-3-9-15-18;3*1-2;/h1-15H;3*1H3;/q4*-1;+4. The molecule has 0 aliphatic carbocycles. The summed E-state index contributed by atoms with van der Waals surface area (Å²) in [5.74, 6) is 0. The molecule has 140 valence electrons. The summed E-state index contributed by atoms with van der Waals surface area (Å²) < 4.78 is 24.1. The molecule has 0 aliphatic rings. The summed E-state index contributed by atoms with van der Waals surface area (Å²) >= 11 is -4.22. The van der Waals surface area contributed by atoms with E-state index in [9.17, 15) is 0 Å². The molecule has 0 fully saturated rings. The van der Waals surface area contributed by atoms with Gasteiger partial charge in [-0.15, -0.1) is 0 Å². The van der Waals surface area contributed by atoms with E-state index in [0.29, 0.717) is 0 Å². The molecule has 3 aromatic carbocycles. The van der Waals surface area contributed by atoms with Gasteiger partial charge in [-0.2, -0.15) is 0 Å². The Kier molecular flexibility index (Phi) is 6.93. The molecule has 3 rings (SSSR count). The van der Waals surface area contributed by atoms with E-state index in [1.165, 1.54) is 0 Å². The minimum atomic E-state index is -4.22. The first kappa shape index (κ1) is 20.3. The Balaban J connectivity index is 2.32. The van der Waals surface area contributed by atoms with Crippen molar-refractivity contribution in [2.75, 3.05) is 21.3 Å². The topological polar surface area (TPSA) is 36.9 Å². The predicted octanol–water partition coefficient (Wildman–Crippen LogP) is 2.42. The van der Waals surface area contributed by atoms with Gasteiger partial charge in [-0.05, 0) is 0 Å². The molecule has 0 bridgehead atoms. The van der Waals surface area contributed by atoms with Crippen molar-refractivity contribution in [2.45, 2.75) is 0 Å². The van der Waals surface area contributed by atoms with E-state index in [0.717, 1.165) is 15.6 Å². The molecule has 0 aromatic heterocycles. The van der Waals surface area contributed by atoms with Crippen LogP contribution in [0, 0.1) is 0 Å². The minimum absolute atomic E-state index is 1.12. The molecule has 0 spiro atoms. The second-order valence-electron chi connectivity index (χ2n) is 5.99. The van der Waals surface area contributed by atoms with Gasteiger partial charge in [0.05, 0.1) is 0 Å². The van der Waals surface area contributed by atoms with Gasteiger partial charge in [0.25, 0.3) is 0 Å². The van der Waals surface area contributed by atoms with Crippen LogP contribution in [-0.2, 0) is 33.0 Å². The quantitative estimate of drug-likeness (QED) is 0.383. The Morgan fingerprint density at radius 2 is 0.815 bits per heavy atom. The first-order valence-corrected chi connectivity index (χ1v) is 14.6. The Hall–Kier alpha value is -1.40. The van der Waals surface area contributed by atoms with Crippen molar-refractivity contribution in [3.8, 4) is 0 Å². The zero-order valence-electron chi connectivity index (χ0n) is 15.8. The first-order valence-electron chi connectivity index (χ1n) is 8.73. The van der Waals surface area contributed by atoms with Crippen molar-refractivity contribution in [3.63, 3.8) is 0 Å². The van der Waals surface area contributed by atoms with E-state index in [4.69, 9.17) is 10.9 Å². The molecule has 0 N–H and O–H groups in total. The summed E-state index contributed by atoms with van der Waals surface area (Å²) in [5.41, 5.74) is 0. The van der Waals surface area contributed by atoms with Crippen LogP contribution >= 0.6 is 0 Å². The van der Waals surface area contributed by atoms with E-state index in [1.54, 1.807) is 21.3 Å². The summed E-state index contributed by atoms with van der Waals surface area (Å²) in [4.78, 5) is 0. The molecule has 27 heavy (non-hydrogen) atoms. The van der Waals surface area contributed by atoms with Gasteiger partial charge in [-0.25, -0.2) is 0 Å². The van der Waals surface area contributed by atoms with Crippen molar-refractivity contribution >= 4 is 23.9 Å². The summed E-state index contributed by atoms with van der Waals surface area (Å²) in [6, 6.07) is 31.0. The Bertz CT molecular complexity index is 722. The van der Waals surface area contributed by atoms with Gasteiger partial charge < -0.3 is 0 Å². The van der Waals surface area contributed by atoms with E-state index in [2.05, 4.69) is 36.4 Å². The molecule has 0 radical (unpaired) electrons. The summed E-state index contributed by atoms with van der Waals surface area (Å²) in [5, 5.41) is 3.36. The maximum atomic E-state index is 6.91. The summed E-state index contributed by atoms with van der Waals surface area (Å²) in [7, 11) is 1.90. The average molecular weight is 460 g/mol. The fourth-order valence-electron chi connectivity index (χ4n) is 3.26. The van der Waals surface area contributed by atoms with E-state index >= 15 is 0 Å². The second kappa shape index (κ2) is 9.20. The van der Waals surface area contributed by atoms with Gasteiger partial charge in [0.1, 0.15) is 0 Å². The van der Waals surface area contributed by atoms with E-state index in [-0.39, 0.29) is 0 Å². The number of rotatable bonds is 8. The van der Waals surface area contributed by atoms with Crippen LogP contribution in [0.4, 0.5) is 0 Å². The van der Waals surface area contributed by atoms with E-state index < -0.39 is 30.3 Å². The Labute approximate surface area is 168 Å². The third-order valence-corrected chi connectivity index (χ3v) is 16.4. The van der Waals surface area contributed by atoms with Crippen LogP contribution in [0.15, 0.2) is 91.0 Å².